The highest BCUT2D eigenvalue weighted by Crippen LogP contribution is 2.49. The highest BCUT2D eigenvalue weighted by atomic mass is 35.5. The van der Waals surface area contributed by atoms with Crippen molar-refractivity contribution < 1.29 is 43.2 Å². The number of amides is 2. The first-order valence-electron chi connectivity index (χ1n) is 14.7. The SMILES string of the molecule is COc1cc2cc(c1Cl)N(C)C(=O)C[C@H](OC(=O)C(C)C)[C@@]1(C)O[C@H]1[C@H](C)[C@@H]1C[C@@](O)(NC(=O)O1)[C@H](OC)/C=C/C=C(/C)C2. The topological polar surface area (TPSA) is 136 Å². The van der Waals surface area contributed by atoms with Crippen LogP contribution in [0.1, 0.15) is 53.0 Å². The van der Waals surface area contributed by atoms with Gasteiger partial charge in [-0.25, -0.2) is 4.79 Å². The van der Waals surface area contributed by atoms with Gasteiger partial charge in [-0.05, 0) is 38.0 Å². The number of carbonyl (C=O) groups excluding carboxylic acids is 3. The van der Waals surface area contributed by atoms with Crippen molar-refractivity contribution in [2.24, 2.45) is 11.8 Å². The summed E-state index contributed by atoms with van der Waals surface area (Å²) < 4.78 is 28.8. The van der Waals surface area contributed by atoms with Crippen LogP contribution in [0, 0.1) is 11.8 Å². The molecule has 3 aliphatic heterocycles. The molecule has 2 N–H and O–H groups in total. The average molecular weight is 635 g/mol. The maximum absolute atomic E-state index is 13.8. The monoisotopic (exact) mass is 634 g/mol. The minimum Gasteiger partial charge on any atom is -0.495 e. The molecule has 242 valence electrons. The van der Waals surface area contributed by atoms with E-state index >= 15 is 0 Å². The lowest BCUT2D eigenvalue weighted by molar-refractivity contribution is -0.157. The molecule has 1 aromatic rings. The van der Waals surface area contributed by atoms with Gasteiger partial charge in [0, 0.05) is 26.5 Å². The third-order valence-corrected chi connectivity index (χ3v) is 9.06. The van der Waals surface area contributed by atoms with E-state index in [0.717, 1.165) is 11.1 Å². The van der Waals surface area contributed by atoms with Gasteiger partial charge in [0.25, 0.3) is 0 Å². The molecule has 44 heavy (non-hydrogen) atoms. The number of aliphatic hydroxyl groups is 1. The quantitative estimate of drug-likeness (QED) is 0.366. The van der Waals surface area contributed by atoms with Crippen LogP contribution < -0.4 is 15.0 Å². The van der Waals surface area contributed by atoms with Crippen molar-refractivity contribution in [3.05, 3.63) is 46.5 Å². The molecule has 0 aliphatic carbocycles. The standard InChI is InChI=1S/C32H43ClN2O9/c1-17(2)29(37)43-25-15-26(36)35(6)21-13-20(14-22(40-7)27(21)33)12-18(3)10-9-11-24(41-8)32(39)16-23(42-30(38)34-32)19(4)28-31(25,5)44-28/h9-11,13-14,17,19,23-25,28,39H,12,15-16H2,1-8H3,(H,34,38)/b11-9+,18-10-/t19-,23+,24-,25+,28+,31-,32+/m1/s1. The summed E-state index contributed by atoms with van der Waals surface area (Å²) in [5.41, 5.74) is -0.587. The number of ether oxygens (including phenoxy) is 5. The first-order chi connectivity index (χ1) is 20.6. The molecule has 12 heteroatoms. The van der Waals surface area contributed by atoms with Gasteiger partial charge < -0.3 is 33.7 Å². The predicted molar refractivity (Wildman–Crippen MR) is 164 cm³/mol. The maximum Gasteiger partial charge on any atom is 0.409 e. The highest BCUT2D eigenvalue weighted by Gasteiger charge is 2.64. The minimum atomic E-state index is -1.77. The van der Waals surface area contributed by atoms with Gasteiger partial charge in [-0.3, -0.25) is 14.9 Å². The summed E-state index contributed by atoms with van der Waals surface area (Å²) in [6, 6.07) is 3.63. The number of carbonyl (C=O) groups is 3. The van der Waals surface area contributed by atoms with Crippen LogP contribution in [0.4, 0.5) is 10.5 Å². The number of methoxy groups -OCH3 is 2. The Morgan fingerprint density at radius 1 is 1.25 bits per heavy atom. The van der Waals surface area contributed by atoms with Crippen molar-refractivity contribution in [3.8, 4) is 5.75 Å². The molecule has 4 rings (SSSR count). The van der Waals surface area contributed by atoms with Crippen LogP contribution in [0.5, 0.6) is 5.75 Å². The smallest absolute Gasteiger partial charge is 0.409 e. The van der Waals surface area contributed by atoms with E-state index in [-0.39, 0.29) is 23.8 Å². The van der Waals surface area contributed by atoms with Gasteiger partial charge in [-0.2, -0.15) is 0 Å². The normalized spacial score (nSPS) is 34.7. The largest absolute Gasteiger partial charge is 0.495 e. The number of esters is 1. The molecule has 2 fully saturated rings. The van der Waals surface area contributed by atoms with Crippen LogP contribution in [-0.4, -0.2) is 80.1 Å². The van der Waals surface area contributed by atoms with Crippen molar-refractivity contribution in [3.63, 3.8) is 0 Å². The van der Waals surface area contributed by atoms with E-state index in [0.29, 0.717) is 17.9 Å². The van der Waals surface area contributed by atoms with E-state index in [1.807, 2.05) is 32.1 Å². The number of allylic oxidation sites excluding steroid dienone is 3. The number of anilines is 1. The van der Waals surface area contributed by atoms with Gasteiger partial charge in [0.2, 0.25) is 5.91 Å². The molecule has 3 aliphatic rings. The number of fused-ring (bicyclic) bond motifs is 5. The Hall–Kier alpha value is -3.12. The van der Waals surface area contributed by atoms with E-state index in [4.69, 9.17) is 35.3 Å². The Bertz CT molecular complexity index is 1350. The van der Waals surface area contributed by atoms with Crippen LogP contribution in [-0.2, 0) is 35.0 Å². The number of alkyl carbamates (subject to hydrolysis) is 1. The van der Waals surface area contributed by atoms with Gasteiger partial charge in [-0.1, -0.05) is 56.2 Å². The lowest BCUT2D eigenvalue weighted by Crippen LogP contribution is -2.63. The highest BCUT2D eigenvalue weighted by molar-refractivity contribution is 6.35. The zero-order valence-electron chi connectivity index (χ0n) is 26.5. The summed E-state index contributed by atoms with van der Waals surface area (Å²) >= 11 is 6.68. The summed E-state index contributed by atoms with van der Waals surface area (Å²) in [6.45, 7) is 8.95. The van der Waals surface area contributed by atoms with Crippen molar-refractivity contribution in [2.45, 2.75) is 89.6 Å². The number of hydrogen-bond acceptors (Lipinski definition) is 9. The molecule has 0 aromatic heterocycles. The maximum atomic E-state index is 13.8. The molecule has 0 spiro atoms. The number of halogens is 1. The molecule has 11 nitrogen and oxygen atoms in total. The summed E-state index contributed by atoms with van der Waals surface area (Å²) in [5.74, 6) is -1.30. The average Bonchev–Trinajstić information content (AvgIpc) is 3.66. The number of benzene rings is 1. The Morgan fingerprint density at radius 3 is 2.59 bits per heavy atom. The second-order valence-electron chi connectivity index (χ2n) is 12.4. The van der Waals surface area contributed by atoms with Crippen LogP contribution in [0.3, 0.4) is 0 Å². The number of nitrogens with zero attached hydrogens (tertiary/aromatic N) is 1. The van der Waals surface area contributed by atoms with Crippen molar-refractivity contribution in [2.75, 3.05) is 26.2 Å². The number of hydrogen-bond donors (Lipinski definition) is 2. The van der Waals surface area contributed by atoms with Crippen LogP contribution in [0.25, 0.3) is 0 Å². The van der Waals surface area contributed by atoms with Gasteiger partial charge in [0.05, 0.1) is 31.2 Å². The molecule has 2 amide bonds. The number of epoxide rings is 1. The minimum absolute atomic E-state index is 0.00361. The van der Waals surface area contributed by atoms with E-state index < -0.39 is 59.6 Å². The molecule has 4 bridgehead atoms. The molecule has 7 atom stereocenters. The Labute approximate surface area is 263 Å². The second-order valence-corrected chi connectivity index (χ2v) is 12.8. The molecule has 2 saturated heterocycles. The summed E-state index contributed by atoms with van der Waals surface area (Å²) in [6.07, 6.45) is 1.65. The molecule has 0 unspecified atom stereocenters. The molecular weight excluding hydrogens is 592 g/mol. The zero-order valence-corrected chi connectivity index (χ0v) is 27.3. The van der Waals surface area contributed by atoms with Crippen LogP contribution in [0.15, 0.2) is 35.9 Å². The predicted octanol–water partition coefficient (Wildman–Crippen LogP) is 4.32. The van der Waals surface area contributed by atoms with E-state index in [2.05, 4.69) is 5.32 Å². The summed E-state index contributed by atoms with van der Waals surface area (Å²) in [4.78, 5) is 40.7. The third kappa shape index (κ3) is 6.91. The van der Waals surface area contributed by atoms with Crippen molar-refractivity contribution >= 4 is 35.3 Å². The molecule has 3 heterocycles. The van der Waals surface area contributed by atoms with Gasteiger partial charge in [0.15, 0.2) is 5.72 Å². The molecule has 1 aromatic carbocycles. The van der Waals surface area contributed by atoms with Crippen LogP contribution in [0.2, 0.25) is 5.02 Å². The molecular formula is C32H43ClN2O9. The van der Waals surface area contributed by atoms with Crippen molar-refractivity contribution in [1.82, 2.24) is 5.32 Å². The van der Waals surface area contributed by atoms with E-state index in [1.165, 1.54) is 19.1 Å². The Balaban J connectivity index is 1.80. The first-order valence-corrected chi connectivity index (χ1v) is 15.1. The van der Waals surface area contributed by atoms with Gasteiger partial charge >= 0.3 is 12.1 Å². The van der Waals surface area contributed by atoms with E-state index in [9.17, 15) is 19.5 Å². The van der Waals surface area contributed by atoms with Crippen molar-refractivity contribution in [1.29, 1.82) is 0 Å². The Kier molecular flexibility index (Phi) is 10.0. The zero-order chi connectivity index (χ0) is 32.6. The fraction of sp³-hybridized carbons (Fsp3) is 0.594. The molecule has 0 saturated carbocycles. The lowest BCUT2D eigenvalue weighted by Gasteiger charge is -2.42. The lowest BCUT2D eigenvalue weighted by atomic mass is 9.83. The number of nitrogens with one attached hydrogen (secondary N) is 1. The summed E-state index contributed by atoms with van der Waals surface area (Å²) in [5, 5.41) is 14.4. The second kappa shape index (κ2) is 13.1. The Morgan fingerprint density at radius 2 is 1.95 bits per heavy atom. The van der Waals surface area contributed by atoms with Gasteiger partial charge in [-0.15, -0.1) is 0 Å². The fourth-order valence-electron chi connectivity index (χ4n) is 5.88. The summed E-state index contributed by atoms with van der Waals surface area (Å²) in [7, 11) is 4.56. The molecule has 0 radical (unpaired) electrons. The third-order valence-electron chi connectivity index (χ3n) is 8.68. The first kappa shape index (κ1) is 33.8. The van der Waals surface area contributed by atoms with Crippen LogP contribution >= 0.6 is 11.6 Å². The van der Waals surface area contributed by atoms with E-state index in [1.54, 1.807) is 40.0 Å². The number of rotatable bonds is 4. The van der Waals surface area contributed by atoms with Gasteiger partial charge in [0.1, 0.15) is 34.7 Å². The fourth-order valence-corrected chi connectivity index (χ4v) is 6.19.